The van der Waals surface area contributed by atoms with Crippen LogP contribution in [0.2, 0.25) is 0 Å². The number of phenols is 1. The Balaban J connectivity index is 2.05. The molecule has 0 radical (unpaired) electrons. The number of benzene rings is 1. The molecule has 0 spiro atoms. The number of rotatable bonds is 5. The van der Waals surface area contributed by atoms with Gasteiger partial charge in [0.2, 0.25) is 0 Å². The molecule has 0 saturated heterocycles. The number of aryl methyl sites for hydroxylation is 3. The number of nitrogens with one attached hydrogen (secondary N) is 2. The molecule has 1 aromatic carbocycles. The highest BCUT2D eigenvalue weighted by Crippen LogP contribution is 2.23. The van der Waals surface area contributed by atoms with E-state index in [9.17, 15) is 5.11 Å². The van der Waals surface area contributed by atoms with Crippen molar-refractivity contribution in [1.29, 1.82) is 0 Å². The van der Waals surface area contributed by atoms with Gasteiger partial charge in [-0.15, -0.1) is 0 Å². The van der Waals surface area contributed by atoms with Crippen molar-refractivity contribution in [3.8, 4) is 5.75 Å². The van der Waals surface area contributed by atoms with E-state index in [2.05, 4.69) is 20.7 Å². The first-order chi connectivity index (χ1) is 11.0. The van der Waals surface area contributed by atoms with Crippen LogP contribution in [0.1, 0.15) is 29.3 Å². The summed E-state index contributed by atoms with van der Waals surface area (Å²) in [6.45, 7) is 7.86. The molecule has 0 aliphatic rings. The summed E-state index contributed by atoms with van der Waals surface area (Å²) < 4.78 is 1.84. The van der Waals surface area contributed by atoms with Crippen molar-refractivity contribution in [3.05, 3.63) is 46.8 Å². The molecule has 2 rings (SSSR count). The van der Waals surface area contributed by atoms with Gasteiger partial charge in [-0.2, -0.15) is 5.10 Å². The average Bonchev–Trinajstić information content (AvgIpc) is 2.92. The number of hydrogen-bond acceptors (Lipinski definition) is 3. The van der Waals surface area contributed by atoms with Crippen LogP contribution in [0.25, 0.3) is 0 Å². The third-order valence-electron chi connectivity index (χ3n) is 3.67. The fraction of sp³-hybridized carbons (Fsp3) is 0.412. The number of aliphatic imine (C=N–C) groups is 1. The lowest BCUT2D eigenvalue weighted by Crippen LogP contribution is -2.37. The van der Waals surface area contributed by atoms with Crippen LogP contribution < -0.4 is 10.6 Å². The zero-order chi connectivity index (χ0) is 16.8. The zero-order valence-corrected chi connectivity index (χ0v) is 14.2. The zero-order valence-electron chi connectivity index (χ0n) is 14.2. The van der Waals surface area contributed by atoms with Gasteiger partial charge in [-0.1, -0.05) is 12.1 Å². The van der Waals surface area contributed by atoms with Crippen LogP contribution in [0.3, 0.4) is 0 Å². The maximum absolute atomic E-state index is 9.84. The SMILES string of the molecule is CCNC(=NCc1cc(C)c(O)c(C)c1)NCc1ccnn1C. The molecule has 0 fully saturated rings. The van der Waals surface area contributed by atoms with Crippen LogP contribution in [0.5, 0.6) is 5.75 Å². The van der Waals surface area contributed by atoms with Gasteiger partial charge in [0.1, 0.15) is 5.75 Å². The highest BCUT2D eigenvalue weighted by atomic mass is 16.3. The van der Waals surface area contributed by atoms with Crippen LogP contribution in [0.4, 0.5) is 0 Å². The largest absolute Gasteiger partial charge is 0.507 e. The maximum atomic E-state index is 9.84. The summed E-state index contributed by atoms with van der Waals surface area (Å²) in [6.07, 6.45) is 1.78. The quantitative estimate of drug-likeness (QED) is 0.583. The highest BCUT2D eigenvalue weighted by Gasteiger charge is 2.04. The molecule has 0 amide bonds. The first-order valence-corrected chi connectivity index (χ1v) is 7.79. The predicted octanol–water partition coefficient (Wildman–Crippen LogP) is 2.00. The lowest BCUT2D eigenvalue weighted by atomic mass is 10.1. The Morgan fingerprint density at radius 2 is 1.96 bits per heavy atom. The molecule has 2 aromatic rings. The number of phenolic OH excluding ortho intramolecular Hbond substituents is 1. The molecule has 0 saturated carbocycles. The minimum absolute atomic E-state index is 0.360. The molecule has 1 heterocycles. The number of aromatic hydroxyl groups is 1. The van der Waals surface area contributed by atoms with Gasteiger partial charge < -0.3 is 15.7 Å². The minimum atomic E-state index is 0.360. The molecule has 6 nitrogen and oxygen atoms in total. The number of hydrogen-bond donors (Lipinski definition) is 3. The molecule has 0 aliphatic heterocycles. The van der Waals surface area contributed by atoms with Crippen LogP contribution in [-0.2, 0) is 20.1 Å². The molecule has 1 aromatic heterocycles. The van der Waals surface area contributed by atoms with Gasteiger partial charge in [0.15, 0.2) is 5.96 Å². The third-order valence-corrected chi connectivity index (χ3v) is 3.67. The Morgan fingerprint density at radius 1 is 1.26 bits per heavy atom. The summed E-state index contributed by atoms with van der Waals surface area (Å²) in [5.41, 5.74) is 3.92. The number of nitrogens with zero attached hydrogens (tertiary/aromatic N) is 3. The number of guanidine groups is 1. The monoisotopic (exact) mass is 315 g/mol. The van der Waals surface area contributed by atoms with E-state index in [0.29, 0.717) is 18.8 Å². The fourth-order valence-corrected chi connectivity index (χ4v) is 2.40. The molecule has 6 heteroatoms. The Bertz CT molecular complexity index is 667. The molecule has 124 valence electrons. The van der Waals surface area contributed by atoms with Crippen LogP contribution in [-0.4, -0.2) is 27.4 Å². The van der Waals surface area contributed by atoms with E-state index >= 15 is 0 Å². The van der Waals surface area contributed by atoms with Gasteiger partial charge in [0.25, 0.3) is 0 Å². The molecular formula is C17H25N5O. The van der Waals surface area contributed by atoms with Crippen LogP contribution >= 0.6 is 0 Å². The van der Waals surface area contributed by atoms with Crippen LogP contribution in [0.15, 0.2) is 29.4 Å². The lowest BCUT2D eigenvalue weighted by molar-refractivity contribution is 0.466. The Kier molecular flexibility index (Phi) is 5.62. The summed E-state index contributed by atoms with van der Waals surface area (Å²) in [5.74, 6) is 1.12. The van der Waals surface area contributed by atoms with Crippen molar-refractivity contribution in [1.82, 2.24) is 20.4 Å². The summed E-state index contributed by atoms with van der Waals surface area (Å²) in [5, 5.41) is 20.5. The van der Waals surface area contributed by atoms with E-state index in [-0.39, 0.29) is 0 Å². The Morgan fingerprint density at radius 3 is 2.52 bits per heavy atom. The second-order valence-electron chi connectivity index (χ2n) is 5.57. The van der Waals surface area contributed by atoms with Crippen molar-refractivity contribution in [2.75, 3.05) is 6.54 Å². The van der Waals surface area contributed by atoms with Crippen LogP contribution in [0, 0.1) is 13.8 Å². The van der Waals surface area contributed by atoms with E-state index in [4.69, 9.17) is 0 Å². The fourth-order valence-electron chi connectivity index (χ4n) is 2.40. The lowest BCUT2D eigenvalue weighted by Gasteiger charge is -2.12. The highest BCUT2D eigenvalue weighted by molar-refractivity contribution is 5.79. The smallest absolute Gasteiger partial charge is 0.191 e. The summed E-state index contributed by atoms with van der Waals surface area (Å²) in [7, 11) is 1.92. The summed E-state index contributed by atoms with van der Waals surface area (Å²) in [6, 6.07) is 5.91. The van der Waals surface area contributed by atoms with Crippen molar-refractivity contribution in [2.24, 2.45) is 12.0 Å². The van der Waals surface area contributed by atoms with Crippen molar-refractivity contribution < 1.29 is 5.11 Å². The minimum Gasteiger partial charge on any atom is -0.507 e. The number of aromatic nitrogens is 2. The van der Waals surface area contributed by atoms with E-state index in [1.165, 1.54) is 0 Å². The van der Waals surface area contributed by atoms with Crippen molar-refractivity contribution in [3.63, 3.8) is 0 Å². The standard InChI is InChI=1S/C17H25N5O/c1-5-18-17(20-11-15-6-7-21-22(15)4)19-10-14-8-12(2)16(23)13(3)9-14/h6-9,23H,5,10-11H2,1-4H3,(H2,18,19,20). The van der Waals surface area contributed by atoms with Gasteiger partial charge in [-0.05, 0) is 43.5 Å². The molecule has 3 N–H and O–H groups in total. The molecule has 0 aliphatic carbocycles. The third kappa shape index (κ3) is 4.48. The first kappa shape index (κ1) is 16.9. The molecule has 0 unspecified atom stereocenters. The molecule has 23 heavy (non-hydrogen) atoms. The van der Waals surface area contributed by atoms with Gasteiger partial charge in [-0.25, -0.2) is 4.99 Å². The van der Waals surface area contributed by atoms with Crippen molar-refractivity contribution >= 4 is 5.96 Å². The van der Waals surface area contributed by atoms with Crippen molar-refractivity contribution in [2.45, 2.75) is 33.9 Å². The second kappa shape index (κ2) is 7.67. The summed E-state index contributed by atoms with van der Waals surface area (Å²) >= 11 is 0. The van der Waals surface area contributed by atoms with E-state index in [1.807, 2.05) is 50.7 Å². The molecular weight excluding hydrogens is 290 g/mol. The van der Waals surface area contributed by atoms with E-state index in [1.54, 1.807) is 6.20 Å². The topological polar surface area (TPSA) is 74.5 Å². The van der Waals surface area contributed by atoms with Gasteiger partial charge in [-0.3, -0.25) is 4.68 Å². The average molecular weight is 315 g/mol. The summed E-state index contributed by atoms with van der Waals surface area (Å²) in [4.78, 5) is 4.61. The normalized spacial score (nSPS) is 11.6. The maximum Gasteiger partial charge on any atom is 0.191 e. The molecule has 0 bridgehead atoms. The molecule has 0 atom stereocenters. The van der Waals surface area contributed by atoms with Gasteiger partial charge >= 0.3 is 0 Å². The van der Waals surface area contributed by atoms with Gasteiger partial charge in [0.05, 0.1) is 18.8 Å². The first-order valence-electron chi connectivity index (χ1n) is 7.79. The Hall–Kier alpha value is -2.50. The second-order valence-corrected chi connectivity index (χ2v) is 5.57. The van der Waals surface area contributed by atoms with E-state index in [0.717, 1.165) is 34.9 Å². The van der Waals surface area contributed by atoms with Gasteiger partial charge in [0, 0.05) is 19.8 Å². The Labute approximate surface area is 137 Å². The predicted molar refractivity (Wildman–Crippen MR) is 92.4 cm³/mol. The van der Waals surface area contributed by atoms with E-state index < -0.39 is 0 Å².